The summed E-state index contributed by atoms with van der Waals surface area (Å²) in [4.78, 5) is 72.7. The van der Waals surface area contributed by atoms with E-state index in [0.29, 0.717) is 32.1 Å². The highest BCUT2D eigenvalue weighted by molar-refractivity contribution is 7.47. The number of hydrogen-bond acceptors (Lipinski definition) is 15. The van der Waals surface area contributed by atoms with Crippen LogP contribution in [-0.4, -0.2) is 96.7 Å². The minimum absolute atomic E-state index is 0.0324. The van der Waals surface area contributed by atoms with Crippen LogP contribution in [0.4, 0.5) is 0 Å². The molecule has 0 aliphatic heterocycles. The van der Waals surface area contributed by atoms with Crippen molar-refractivity contribution in [1.82, 2.24) is 0 Å². The van der Waals surface area contributed by atoms with Gasteiger partial charge >= 0.3 is 39.5 Å². The van der Waals surface area contributed by atoms with Gasteiger partial charge in [0, 0.05) is 19.3 Å². The Balaban J connectivity index is 5.47. The van der Waals surface area contributed by atoms with E-state index in [1.165, 1.54) is 77.0 Å². The van der Waals surface area contributed by atoms with E-state index in [1.807, 2.05) is 36.5 Å². The van der Waals surface area contributed by atoms with Crippen molar-refractivity contribution in [3.05, 3.63) is 146 Å². The van der Waals surface area contributed by atoms with Gasteiger partial charge in [-0.3, -0.25) is 37.3 Å². The Morgan fingerprint density at radius 1 is 0.300 bits per heavy atom. The maximum Gasteiger partial charge on any atom is 0.472 e. The smallest absolute Gasteiger partial charge is 0.462 e. The summed E-state index contributed by atoms with van der Waals surface area (Å²) < 4.78 is 68.2. The topological polar surface area (TPSA) is 237 Å². The molecule has 0 aromatic rings. The Morgan fingerprint density at radius 2 is 0.580 bits per heavy atom. The largest absolute Gasteiger partial charge is 0.472 e. The monoisotopic (exact) mass is 1440 g/mol. The zero-order chi connectivity index (χ0) is 73.2. The van der Waals surface area contributed by atoms with Crippen LogP contribution < -0.4 is 0 Å². The van der Waals surface area contributed by atoms with Gasteiger partial charge < -0.3 is 33.8 Å². The summed E-state index contributed by atoms with van der Waals surface area (Å²) in [5.74, 6) is -2.43. The molecule has 0 aromatic carbocycles. The highest BCUT2D eigenvalue weighted by Gasteiger charge is 2.30. The molecular weight excluding hydrogens is 1310 g/mol. The Hall–Kier alpha value is -5.06. The molecule has 0 amide bonds. The lowest BCUT2D eigenvalue weighted by Crippen LogP contribution is -2.30. The number of carbonyl (C=O) groups excluding carboxylic acids is 4. The van der Waals surface area contributed by atoms with Crippen LogP contribution in [0.5, 0.6) is 0 Å². The van der Waals surface area contributed by atoms with E-state index in [4.69, 9.17) is 37.0 Å². The van der Waals surface area contributed by atoms with E-state index >= 15 is 0 Å². The maximum atomic E-state index is 13.1. The van der Waals surface area contributed by atoms with Crippen molar-refractivity contribution in [2.45, 2.75) is 303 Å². The molecule has 0 aliphatic rings. The van der Waals surface area contributed by atoms with E-state index in [0.717, 1.165) is 122 Å². The van der Waals surface area contributed by atoms with Crippen molar-refractivity contribution in [3.63, 3.8) is 0 Å². The molecule has 0 spiro atoms. The van der Waals surface area contributed by atoms with Crippen molar-refractivity contribution in [1.29, 1.82) is 0 Å². The lowest BCUT2D eigenvalue weighted by Gasteiger charge is -2.21. The van der Waals surface area contributed by atoms with Crippen LogP contribution in [0.3, 0.4) is 0 Å². The fourth-order valence-electron chi connectivity index (χ4n) is 9.61. The van der Waals surface area contributed by atoms with Crippen molar-refractivity contribution in [3.8, 4) is 0 Å². The summed E-state index contributed by atoms with van der Waals surface area (Å²) in [5.41, 5.74) is 0. The van der Waals surface area contributed by atoms with Crippen LogP contribution in [0.25, 0.3) is 0 Å². The Bertz CT molecular complexity index is 2470. The Labute approximate surface area is 605 Å². The first-order chi connectivity index (χ1) is 48.7. The molecule has 0 saturated heterocycles. The van der Waals surface area contributed by atoms with E-state index in [9.17, 15) is 43.2 Å². The molecule has 0 radical (unpaired) electrons. The zero-order valence-electron chi connectivity index (χ0n) is 62.1. The molecular formula is C81H134O17P2. The van der Waals surface area contributed by atoms with Crippen LogP contribution in [0.15, 0.2) is 146 Å². The predicted molar refractivity (Wildman–Crippen MR) is 408 cm³/mol. The van der Waals surface area contributed by atoms with Gasteiger partial charge in [0.05, 0.1) is 32.8 Å². The van der Waals surface area contributed by atoms with E-state index in [1.54, 1.807) is 6.08 Å². The van der Waals surface area contributed by atoms with Crippen molar-refractivity contribution in [2.75, 3.05) is 39.6 Å². The molecule has 100 heavy (non-hydrogen) atoms. The van der Waals surface area contributed by atoms with Crippen molar-refractivity contribution in [2.24, 2.45) is 0 Å². The van der Waals surface area contributed by atoms with Gasteiger partial charge in [-0.2, -0.15) is 0 Å². The van der Waals surface area contributed by atoms with E-state index < -0.39 is 97.5 Å². The minimum atomic E-state index is -5.00. The molecule has 0 saturated carbocycles. The fourth-order valence-corrected chi connectivity index (χ4v) is 11.2. The third-order valence-electron chi connectivity index (χ3n) is 15.3. The first-order valence-corrected chi connectivity index (χ1v) is 41.1. The highest BCUT2D eigenvalue weighted by atomic mass is 31.2. The minimum Gasteiger partial charge on any atom is -0.462 e. The highest BCUT2D eigenvalue weighted by Crippen LogP contribution is 2.45. The van der Waals surface area contributed by atoms with Crippen LogP contribution in [0.1, 0.15) is 285 Å². The second kappa shape index (κ2) is 72.3. The number of phosphoric acid groups is 2. The third kappa shape index (κ3) is 71.3. The first-order valence-electron chi connectivity index (χ1n) is 38.1. The number of phosphoric ester groups is 2. The van der Waals surface area contributed by atoms with Gasteiger partial charge in [-0.1, -0.05) is 289 Å². The number of rotatable bonds is 70. The number of allylic oxidation sites excluding steroid dienone is 23. The number of hydrogen-bond donors (Lipinski definition) is 3. The summed E-state index contributed by atoms with van der Waals surface area (Å²) >= 11 is 0. The molecule has 5 unspecified atom stereocenters. The number of ether oxygens (including phenoxy) is 4. The quantitative estimate of drug-likeness (QED) is 0.0169. The summed E-state index contributed by atoms with van der Waals surface area (Å²) in [7, 11) is -10.00. The average molecular weight is 1440 g/mol. The number of aliphatic hydroxyl groups is 1. The Morgan fingerprint density at radius 3 is 0.940 bits per heavy atom. The standard InChI is InChI=1S/C81H134O17P2/c1-5-9-13-17-21-25-29-33-35-36-37-38-40-44-46-50-54-58-62-66-79(84)92-72-77(98-81(86)68-64-60-56-52-48-42-32-28-24-20-16-12-8-4)74-96-100(89,90)94-70-75(82)69-93-99(87,88)95-73-76(97-80(85)67-63-59-55-51-47-41-31-27-23-19-15-11-7-3)71-91-78(83)65-61-57-53-49-45-43-39-34-30-26-22-18-14-10-6-2/h9-10,13-14,21-22,25-27,31,33-35,37-39,44-46,49,54,57-58,61,75-77,82H,5-8,11-12,15-20,23-24,28-30,32,36,40-43,47-48,50-53,55-56,59-60,62-74H2,1-4H3,(H,87,88)(H,89,90)/b13-9-,14-10-,25-21-,26-22-,31-27-,35-33-,38-37-,39-34-,46-44-,49-45-,58-54-,61-57-. The number of esters is 4. The number of carbonyl (C=O) groups is 4. The van der Waals surface area contributed by atoms with E-state index in [2.05, 4.69) is 131 Å². The molecule has 570 valence electrons. The SMILES string of the molecule is CC/C=C\C/C=C\C/C=C\C/C=C\C/C=C\C/C=C\CCC(=O)OCC(COP(=O)(O)OCC(O)COP(=O)(O)OCC(COC(=O)C/C=C\C/C=C\C/C=C\C/C=C\C/C=C\CC)OC(=O)CCCCCCC/C=C\CCCCCC)OC(=O)CCCCCCCCCCCCCCC. The molecule has 0 rings (SSSR count). The zero-order valence-corrected chi connectivity index (χ0v) is 63.9. The number of unbranched alkanes of at least 4 members (excludes halogenated alkanes) is 21. The molecule has 0 aromatic heterocycles. The molecule has 0 heterocycles. The summed E-state index contributed by atoms with van der Waals surface area (Å²) in [6.45, 7) is 4.41. The predicted octanol–water partition coefficient (Wildman–Crippen LogP) is 21.9. The molecule has 5 atom stereocenters. The third-order valence-corrected chi connectivity index (χ3v) is 17.2. The van der Waals surface area contributed by atoms with Crippen LogP contribution in [0.2, 0.25) is 0 Å². The average Bonchev–Trinajstić information content (AvgIpc) is 0.935. The van der Waals surface area contributed by atoms with E-state index in [-0.39, 0.29) is 25.7 Å². The van der Waals surface area contributed by atoms with Crippen molar-refractivity contribution < 1.29 is 80.2 Å². The number of aliphatic hydroxyl groups excluding tert-OH is 1. The molecule has 0 fully saturated rings. The summed E-state index contributed by atoms with van der Waals surface area (Å²) in [6, 6.07) is 0. The van der Waals surface area contributed by atoms with Crippen molar-refractivity contribution >= 4 is 39.5 Å². The van der Waals surface area contributed by atoms with Gasteiger partial charge in [-0.15, -0.1) is 0 Å². The molecule has 17 nitrogen and oxygen atoms in total. The Kier molecular flexibility index (Phi) is 68.6. The fraction of sp³-hybridized carbons (Fsp3) is 0.654. The van der Waals surface area contributed by atoms with Gasteiger partial charge in [0.15, 0.2) is 12.2 Å². The lowest BCUT2D eigenvalue weighted by molar-refractivity contribution is -0.161. The van der Waals surface area contributed by atoms with Crippen LogP contribution >= 0.6 is 15.6 Å². The van der Waals surface area contributed by atoms with Gasteiger partial charge in [0.1, 0.15) is 19.3 Å². The van der Waals surface area contributed by atoms with Crippen LogP contribution in [-0.2, 0) is 65.4 Å². The molecule has 0 aliphatic carbocycles. The van der Waals surface area contributed by atoms with Gasteiger partial charge in [-0.05, 0) is 116 Å². The van der Waals surface area contributed by atoms with Gasteiger partial charge in [0.25, 0.3) is 0 Å². The second-order valence-electron chi connectivity index (χ2n) is 24.8. The lowest BCUT2D eigenvalue weighted by atomic mass is 10.0. The molecule has 0 bridgehead atoms. The van der Waals surface area contributed by atoms with Gasteiger partial charge in [-0.25, -0.2) is 9.13 Å². The molecule has 19 heteroatoms. The van der Waals surface area contributed by atoms with Gasteiger partial charge in [0.2, 0.25) is 0 Å². The summed E-state index contributed by atoms with van der Waals surface area (Å²) in [5, 5.41) is 10.6. The maximum absolute atomic E-state index is 13.1. The van der Waals surface area contributed by atoms with Crippen LogP contribution in [0, 0.1) is 0 Å². The molecule has 3 N–H and O–H groups in total. The second-order valence-corrected chi connectivity index (χ2v) is 27.8. The normalized spacial score (nSPS) is 14.8. The summed E-state index contributed by atoms with van der Waals surface area (Å²) in [6.07, 6.45) is 81.7. The first kappa shape index (κ1) is 94.9.